The van der Waals surface area contributed by atoms with Crippen LogP contribution in [0.2, 0.25) is 0 Å². The lowest BCUT2D eigenvalue weighted by Gasteiger charge is -2.08. The summed E-state index contributed by atoms with van der Waals surface area (Å²) in [5.74, 6) is -1.02. The Bertz CT molecular complexity index is 665. The maximum atomic E-state index is 11.4. The summed E-state index contributed by atoms with van der Waals surface area (Å²) in [6.45, 7) is 0. The standard InChI is InChI=1S/C12H10N2O5/c1-18-7-2-3-8(12(16)17)9(6-7)19-11-10(15)13-4-5-14-11/h2-6H,1H3,(H,13,15)(H,16,17). The molecular formula is C12H10N2O5. The van der Waals surface area contributed by atoms with E-state index in [0.717, 1.165) is 0 Å². The van der Waals surface area contributed by atoms with Gasteiger partial charge in [-0.05, 0) is 12.1 Å². The minimum absolute atomic E-state index is 0.0175. The number of aromatic carboxylic acids is 1. The molecule has 1 aromatic heterocycles. The molecule has 0 bridgehead atoms. The molecule has 1 aromatic carbocycles. The second kappa shape index (κ2) is 5.21. The Balaban J connectivity index is 2.46. The Morgan fingerprint density at radius 2 is 2.21 bits per heavy atom. The van der Waals surface area contributed by atoms with Gasteiger partial charge in [-0.25, -0.2) is 9.78 Å². The fourth-order valence-corrected chi connectivity index (χ4v) is 1.41. The zero-order valence-corrected chi connectivity index (χ0v) is 9.91. The van der Waals surface area contributed by atoms with Crippen molar-refractivity contribution >= 4 is 5.97 Å². The number of carboxylic acids is 1. The van der Waals surface area contributed by atoms with E-state index in [1.54, 1.807) is 0 Å². The molecule has 2 N–H and O–H groups in total. The third-order valence-electron chi connectivity index (χ3n) is 2.30. The third-order valence-corrected chi connectivity index (χ3v) is 2.30. The molecule has 98 valence electrons. The SMILES string of the molecule is COc1ccc(C(=O)O)c(Oc2ncc[nH]c2=O)c1. The highest BCUT2D eigenvalue weighted by molar-refractivity contribution is 5.91. The van der Waals surface area contributed by atoms with Gasteiger partial charge in [-0.3, -0.25) is 4.79 Å². The molecule has 0 fully saturated rings. The van der Waals surface area contributed by atoms with E-state index < -0.39 is 11.5 Å². The first-order chi connectivity index (χ1) is 9.11. The molecule has 0 radical (unpaired) electrons. The number of ether oxygens (including phenoxy) is 2. The molecule has 0 unspecified atom stereocenters. The maximum absolute atomic E-state index is 11.4. The second-order valence-corrected chi connectivity index (χ2v) is 3.49. The lowest BCUT2D eigenvalue weighted by atomic mass is 10.2. The average molecular weight is 262 g/mol. The highest BCUT2D eigenvalue weighted by Crippen LogP contribution is 2.27. The molecule has 1 heterocycles. The molecule has 7 heteroatoms. The van der Waals surface area contributed by atoms with E-state index in [0.29, 0.717) is 5.75 Å². The van der Waals surface area contributed by atoms with Crippen LogP contribution in [0.3, 0.4) is 0 Å². The topological polar surface area (TPSA) is 102 Å². The van der Waals surface area contributed by atoms with Crippen LogP contribution in [0.25, 0.3) is 0 Å². The van der Waals surface area contributed by atoms with Crippen LogP contribution in [0.1, 0.15) is 10.4 Å². The summed E-state index contributed by atoms with van der Waals surface area (Å²) in [5.41, 5.74) is -0.646. The first kappa shape index (κ1) is 12.6. The largest absolute Gasteiger partial charge is 0.497 e. The Morgan fingerprint density at radius 3 is 2.84 bits per heavy atom. The zero-order valence-electron chi connectivity index (χ0n) is 9.91. The Hall–Kier alpha value is -2.83. The minimum Gasteiger partial charge on any atom is -0.497 e. The number of hydrogen-bond acceptors (Lipinski definition) is 5. The zero-order chi connectivity index (χ0) is 13.8. The van der Waals surface area contributed by atoms with Gasteiger partial charge < -0.3 is 19.6 Å². The Labute approximate surface area is 107 Å². The van der Waals surface area contributed by atoms with E-state index in [9.17, 15) is 9.59 Å². The van der Waals surface area contributed by atoms with Crippen LogP contribution in [0.15, 0.2) is 35.4 Å². The van der Waals surface area contributed by atoms with Crippen molar-refractivity contribution in [3.63, 3.8) is 0 Å². The summed E-state index contributed by atoms with van der Waals surface area (Å²) in [4.78, 5) is 28.6. The summed E-state index contributed by atoms with van der Waals surface area (Å²) in [6, 6.07) is 4.18. The fraction of sp³-hybridized carbons (Fsp3) is 0.0833. The Kier molecular flexibility index (Phi) is 3.46. The first-order valence-corrected chi connectivity index (χ1v) is 5.24. The Morgan fingerprint density at radius 1 is 1.42 bits per heavy atom. The van der Waals surface area contributed by atoms with E-state index in [1.807, 2.05) is 0 Å². The summed E-state index contributed by atoms with van der Waals surface area (Å²) in [7, 11) is 1.44. The van der Waals surface area contributed by atoms with Crippen molar-refractivity contribution in [2.75, 3.05) is 7.11 Å². The quantitative estimate of drug-likeness (QED) is 0.860. The smallest absolute Gasteiger partial charge is 0.339 e. The summed E-state index contributed by atoms with van der Waals surface area (Å²) < 4.78 is 10.2. The number of aromatic nitrogens is 2. The van der Waals surface area contributed by atoms with Gasteiger partial charge >= 0.3 is 11.5 Å². The van der Waals surface area contributed by atoms with Gasteiger partial charge in [0.2, 0.25) is 0 Å². The van der Waals surface area contributed by atoms with Crippen LogP contribution < -0.4 is 15.0 Å². The number of benzene rings is 1. The molecule has 0 aliphatic rings. The second-order valence-electron chi connectivity index (χ2n) is 3.49. The van der Waals surface area contributed by atoms with Gasteiger partial charge in [-0.2, -0.15) is 0 Å². The molecule has 0 spiro atoms. The molecule has 2 rings (SSSR count). The maximum Gasteiger partial charge on any atom is 0.339 e. The van der Waals surface area contributed by atoms with Crippen LogP contribution in [0, 0.1) is 0 Å². The number of hydrogen-bond donors (Lipinski definition) is 2. The van der Waals surface area contributed by atoms with Crippen molar-refractivity contribution in [2.24, 2.45) is 0 Å². The van der Waals surface area contributed by atoms with Crippen LogP contribution >= 0.6 is 0 Å². The minimum atomic E-state index is -1.18. The number of carboxylic acid groups (broad SMARTS) is 1. The van der Waals surface area contributed by atoms with Crippen molar-refractivity contribution in [1.29, 1.82) is 0 Å². The van der Waals surface area contributed by atoms with Gasteiger partial charge in [0.15, 0.2) is 0 Å². The van der Waals surface area contributed by atoms with Gasteiger partial charge in [-0.1, -0.05) is 0 Å². The lowest BCUT2D eigenvalue weighted by molar-refractivity contribution is 0.0694. The van der Waals surface area contributed by atoms with E-state index in [2.05, 4.69) is 9.97 Å². The number of H-pyrrole nitrogens is 1. The summed E-state index contributed by atoms with van der Waals surface area (Å²) in [6.07, 6.45) is 2.68. The first-order valence-electron chi connectivity index (χ1n) is 5.24. The predicted molar refractivity (Wildman–Crippen MR) is 64.9 cm³/mol. The molecule has 0 saturated heterocycles. The van der Waals surface area contributed by atoms with Gasteiger partial charge in [0.25, 0.3) is 5.88 Å². The number of methoxy groups -OCH3 is 1. The lowest BCUT2D eigenvalue weighted by Crippen LogP contribution is -2.11. The number of rotatable bonds is 4. The van der Waals surface area contributed by atoms with Crippen molar-refractivity contribution in [3.8, 4) is 17.4 Å². The molecule has 2 aromatic rings. The van der Waals surface area contributed by atoms with E-state index in [-0.39, 0.29) is 17.2 Å². The number of nitrogens with one attached hydrogen (secondary N) is 1. The number of carbonyl (C=O) groups is 1. The van der Waals surface area contributed by atoms with Gasteiger partial charge in [0.05, 0.1) is 7.11 Å². The van der Waals surface area contributed by atoms with Crippen LogP contribution in [-0.2, 0) is 0 Å². The molecule has 7 nitrogen and oxygen atoms in total. The third kappa shape index (κ3) is 2.71. The van der Waals surface area contributed by atoms with Crippen LogP contribution in [-0.4, -0.2) is 28.2 Å². The van der Waals surface area contributed by atoms with Crippen LogP contribution in [0.5, 0.6) is 17.4 Å². The van der Waals surface area contributed by atoms with Gasteiger partial charge in [0.1, 0.15) is 17.1 Å². The molecule has 0 aliphatic carbocycles. The highest BCUT2D eigenvalue weighted by atomic mass is 16.5. The highest BCUT2D eigenvalue weighted by Gasteiger charge is 2.15. The number of nitrogens with zero attached hydrogens (tertiary/aromatic N) is 1. The average Bonchev–Trinajstić information content (AvgIpc) is 2.41. The molecule has 0 saturated carbocycles. The molecule has 19 heavy (non-hydrogen) atoms. The van der Waals surface area contributed by atoms with Gasteiger partial charge in [-0.15, -0.1) is 0 Å². The van der Waals surface area contributed by atoms with Crippen molar-refractivity contribution < 1.29 is 19.4 Å². The van der Waals surface area contributed by atoms with Crippen molar-refractivity contribution in [3.05, 3.63) is 46.5 Å². The summed E-state index contributed by atoms with van der Waals surface area (Å²) >= 11 is 0. The predicted octanol–water partition coefficient (Wildman–Crippen LogP) is 1.27. The normalized spacial score (nSPS) is 9.95. The molecule has 0 atom stereocenters. The molecular weight excluding hydrogens is 252 g/mol. The monoisotopic (exact) mass is 262 g/mol. The van der Waals surface area contributed by atoms with Crippen molar-refractivity contribution in [2.45, 2.75) is 0 Å². The molecule has 0 aliphatic heterocycles. The van der Waals surface area contributed by atoms with E-state index >= 15 is 0 Å². The molecule has 0 amide bonds. The van der Waals surface area contributed by atoms with Crippen LogP contribution in [0.4, 0.5) is 0 Å². The van der Waals surface area contributed by atoms with Gasteiger partial charge in [0, 0.05) is 18.5 Å². The van der Waals surface area contributed by atoms with Crippen molar-refractivity contribution in [1.82, 2.24) is 9.97 Å². The van der Waals surface area contributed by atoms with E-state index in [1.165, 1.54) is 37.7 Å². The number of aromatic amines is 1. The van der Waals surface area contributed by atoms with E-state index in [4.69, 9.17) is 14.6 Å². The fourth-order valence-electron chi connectivity index (χ4n) is 1.41. The summed E-state index contributed by atoms with van der Waals surface area (Å²) in [5, 5.41) is 9.05.